The molecule has 0 aliphatic heterocycles. The summed E-state index contributed by atoms with van der Waals surface area (Å²) < 4.78 is 0. The lowest BCUT2D eigenvalue weighted by Crippen LogP contribution is -2.10. The minimum Gasteiger partial charge on any atom is -0.344 e. The van der Waals surface area contributed by atoms with Crippen molar-refractivity contribution >= 4 is 11.4 Å². The Bertz CT molecular complexity index is 734. The lowest BCUT2D eigenvalue weighted by Gasteiger charge is -2.21. The second-order valence-electron chi connectivity index (χ2n) is 5.66. The van der Waals surface area contributed by atoms with Gasteiger partial charge in [-0.15, -0.1) is 0 Å². The zero-order valence-electron chi connectivity index (χ0n) is 15.0. The topological polar surface area (TPSA) is 41.9 Å². The molecule has 1 aromatic heterocycles. The maximum Gasteiger partial charge on any atom is 0.129 e. The third-order valence-corrected chi connectivity index (χ3v) is 3.59. The van der Waals surface area contributed by atoms with Crippen LogP contribution in [0.5, 0.6) is 0 Å². The van der Waals surface area contributed by atoms with E-state index in [1.165, 1.54) is 16.9 Å². The van der Waals surface area contributed by atoms with Crippen molar-refractivity contribution in [3.8, 4) is 0 Å². The highest BCUT2D eigenvalue weighted by Crippen LogP contribution is 2.25. The largest absolute Gasteiger partial charge is 0.344 e. The zero-order valence-corrected chi connectivity index (χ0v) is 15.0. The molecule has 0 saturated carbocycles. The molecule has 0 unspecified atom stereocenters. The number of aromatic nitrogens is 3. The van der Waals surface area contributed by atoms with Crippen LogP contribution in [0.25, 0.3) is 0 Å². The Kier molecular flexibility index (Phi) is 6.01. The van der Waals surface area contributed by atoms with Crippen LogP contribution in [0, 0.1) is 27.7 Å². The first-order valence-corrected chi connectivity index (χ1v) is 7.97. The third kappa shape index (κ3) is 4.88. The van der Waals surface area contributed by atoms with Crippen molar-refractivity contribution in [2.24, 2.45) is 0 Å². The fraction of sp³-hybridized carbons (Fsp3) is 0.250. The SMILES string of the molecule is Cc1ccccc1N(C)c1ccccc1.Cc1nc(C)nc(C)n1. The average Bonchev–Trinajstić information content (AvgIpc) is 2.55. The molecule has 3 rings (SSSR count). The fourth-order valence-electron chi connectivity index (χ4n) is 2.51. The van der Waals surface area contributed by atoms with Gasteiger partial charge in [-0.2, -0.15) is 0 Å². The summed E-state index contributed by atoms with van der Waals surface area (Å²) in [6, 6.07) is 18.8. The number of para-hydroxylation sites is 2. The maximum absolute atomic E-state index is 4.01. The average molecular weight is 320 g/mol. The van der Waals surface area contributed by atoms with Gasteiger partial charge in [0, 0.05) is 18.4 Å². The number of anilines is 2. The van der Waals surface area contributed by atoms with E-state index < -0.39 is 0 Å². The Morgan fingerprint density at radius 3 is 1.58 bits per heavy atom. The molecule has 0 N–H and O–H groups in total. The minimum atomic E-state index is 0.792. The molecule has 0 spiro atoms. The van der Waals surface area contributed by atoms with Crippen LogP contribution in [0.2, 0.25) is 0 Å². The van der Waals surface area contributed by atoms with Crippen molar-refractivity contribution < 1.29 is 0 Å². The number of rotatable bonds is 2. The summed E-state index contributed by atoms with van der Waals surface area (Å²) in [7, 11) is 2.09. The molecule has 1 heterocycles. The minimum absolute atomic E-state index is 0.792. The van der Waals surface area contributed by atoms with Crippen LogP contribution < -0.4 is 4.90 Å². The van der Waals surface area contributed by atoms with Gasteiger partial charge in [0.15, 0.2) is 0 Å². The molecule has 0 atom stereocenters. The Hall–Kier alpha value is -2.75. The van der Waals surface area contributed by atoms with E-state index >= 15 is 0 Å². The standard InChI is InChI=1S/C14H15N.C6H9N3/c1-12-8-6-7-11-14(12)15(2)13-9-4-3-5-10-13;1-4-7-5(2)9-6(3)8-4/h3-11H,1-2H3;1-3H3. The van der Waals surface area contributed by atoms with Crippen molar-refractivity contribution in [3.05, 3.63) is 77.6 Å². The van der Waals surface area contributed by atoms with E-state index in [1.54, 1.807) is 0 Å². The Balaban J connectivity index is 0.000000198. The molecule has 4 nitrogen and oxygen atoms in total. The van der Waals surface area contributed by atoms with Gasteiger partial charge in [0.2, 0.25) is 0 Å². The van der Waals surface area contributed by atoms with Crippen LogP contribution in [0.3, 0.4) is 0 Å². The van der Waals surface area contributed by atoms with Crippen LogP contribution in [0.15, 0.2) is 54.6 Å². The fourth-order valence-corrected chi connectivity index (χ4v) is 2.51. The number of aryl methyl sites for hydroxylation is 4. The summed E-state index contributed by atoms with van der Waals surface area (Å²) in [6.07, 6.45) is 0. The molecule has 3 aromatic rings. The van der Waals surface area contributed by atoms with E-state index in [4.69, 9.17) is 0 Å². The van der Waals surface area contributed by atoms with Gasteiger partial charge in [-0.1, -0.05) is 36.4 Å². The van der Waals surface area contributed by atoms with Gasteiger partial charge in [-0.25, -0.2) is 15.0 Å². The summed E-state index contributed by atoms with van der Waals surface area (Å²) in [4.78, 5) is 14.2. The highest BCUT2D eigenvalue weighted by molar-refractivity contribution is 5.65. The maximum atomic E-state index is 4.01. The normalized spacial score (nSPS) is 9.88. The van der Waals surface area contributed by atoms with Gasteiger partial charge < -0.3 is 4.90 Å². The molecule has 0 bridgehead atoms. The highest BCUT2D eigenvalue weighted by Gasteiger charge is 2.04. The number of nitrogens with zero attached hydrogens (tertiary/aromatic N) is 4. The van der Waals surface area contributed by atoms with Gasteiger partial charge in [-0.3, -0.25) is 0 Å². The second-order valence-corrected chi connectivity index (χ2v) is 5.66. The van der Waals surface area contributed by atoms with Crippen molar-refractivity contribution in [1.82, 2.24) is 15.0 Å². The lowest BCUT2D eigenvalue weighted by molar-refractivity contribution is 0.875. The van der Waals surface area contributed by atoms with Crippen LogP contribution in [0.1, 0.15) is 23.0 Å². The van der Waals surface area contributed by atoms with Crippen LogP contribution in [-0.2, 0) is 0 Å². The first kappa shape index (κ1) is 17.6. The van der Waals surface area contributed by atoms with Gasteiger partial charge in [0.1, 0.15) is 17.5 Å². The summed E-state index contributed by atoms with van der Waals surface area (Å²) in [5.41, 5.74) is 3.76. The van der Waals surface area contributed by atoms with E-state index in [2.05, 4.69) is 82.4 Å². The molecular formula is C20H24N4. The predicted molar refractivity (Wildman–Crippen MR) is 99.7 cm³/mol. The van der Waals surface area contributed by atoms with E-state index in [1.807, 2.05) is 26.8 Å². The molecule has 0 radical (unpaired) electrons. The number of hydrogen-bond acceptors (Lipinski definition) is 4. The van der Waals surface area contributed by atoms with Crippen molar-refractivity contribution in [2.45, 2.75) is 27.7 Å². The third-order valence-electron chi connectivity index (χ3n) is 3.59. The van der Waals surface area contributed by atoms with E-state index in [-0.39, 0.29) is 0 Å². The smallest absolute Gasteiger partial charge is 0.129 e. The number of hydrogen-bond donors (Lipinski definition) is 0. The highest BCUT2D eigenvalue weighted by atomic mass is 15.1. The molecule has 2 aromatic carbocycles. The summed E-state index contributed by atoms with van der Waals surface area (Å²) in [6.45, 7) is 7.72. The molecule has 24 heavy (non-hydrogen) atoms. The Labute approximate surface area is 144 Å². The Morgan fingerprint density at radius 2 is 1.08 bits per heavy atom. The second kappa shape index (κ2) is 8.20. The molecule has 124 valence electrons. The molecule has 0 saturated heterocycles. The zero-order chi connectivity index (χ0) is 17.5. The molecular weight excluding hydrogens is 296 g/mol. The molecule has 4 heteroatoms. The molecule has 0 fully saturated rings. The van der Waals surface area contributed by atoms with Gasteiger partial charge in [-0.05, 0) is 51.5 Å². The Morgan fingerprint density at radius 1 is 0.625 bits per heavy atom. The lowest BCUT2D eigenvalue weighted by atomic mass is 10.1. The summed E-state index contributed by atoms with van der Waals surface area (Å²) in [5, 5.41) is 0. The summed E-state index contributed by atoms with van der Waals surface area (Å²) in [5.74, 6) is 2.38. The van der Waals surface area contributed by atoms with Crippen LogP contribution in [0.4, 0.5) is 11.4 Å². The number of benzene rings is 2. The van der Waals surface area contributed by atoms with E-state index in [0.717, 1.165) is 17.5 Å². The molecule has 0 aliphatic rings. The molecule has 0 amide bonds. The van der Waals surface area contributed by atoms with Crippen LogP contribution in [-0.4, -0.2) is 22.0 Å². The van der Waals surface area contributed by atoms with Crippen molar-refractivity contribution in [3.63, 3.8) is 0 Å². The first-order valence-electron chi connectivity index (χ1n) is 7.97. The predicted octanol–water partition coefficient (Wildman–Crippen LogP) is 4.56. The van der Waals surface area contributed by atoms with Gasteiger partial charge >= 0.3 is 0 Å². The monoisotopic (exact) mass is 320 g/mol. The van der Waals surface area contributed by atoms with E-state index in [9.17, 15) is 0 Å². The van der Waals surface area contributed by atoms with Crippen molar-refractivity contribution in [1.29, 1.82) is 0 Å². The van der Waals surface area contributed by atoms with E-state index in [0.29, 0.717) is 0 Å². The quantitative estimate of drug-likeness (QED) is 0.694. The first-order chi connectivity index (χ1) is 11.5. The van der Waals surface area contributed by atoms with Crippen LogP contribution >= 0.6 is 0 Å². The van der Waals surface area contributed by atoms with Gasteiger partial charge in [0.25, 0.3) is 0 Å². The van der Waals surface area contributed by atoms with Crippen molar-refractivity contribution in [2.75, 3.05) is 11.9 Å². The van der Waals surface area contributed by atoms with Gasteiger partial charge in [0.05, 0.1) is 0 Å². The summed E-state index contributed by atoms with van der Waals surface area (Å²) >= 11 is 0. The molecule has 0 aliphatic carbocycles.